The first-order valence-electron chi connectivity index (χ1n) is 4.38. The average Bonchev–Trinajstić information content (AvgIpc) is 2.41. The SMILES string of the molecule is Cc1nc2oc(CC(C)C)nc2o1. The Morgan fingerprint density at radius 3 is 2.46 bits per heavy atom. The van der Waals surface area contributed by atoms with Gasteiger partial charge in [-0.2, -0.15) is 9.97 Å². The lowest BCUT2D eigenvalue weighted by Gasteiger charge is -1.96. The Morgan fingerprint density at radius 1 is 1.15 bits per heavy atom. The molecule has 0 fully saturated rings. The van der Waals surface area contributed by atoms with Gasteiger partial charge in [0.1, 0.15) is 0 Å². The highest BCUT2D eigenvalue weighted by Crippen LogP contribution is 2.17. The molecular weight excluding hydrogens is 168 g/mol. The van der Waals surface area contributed by atoms with Crippen LogP contribution in [0, 0.1) is 12.8 Å². The normalized spacial score (nSPS) is 11.7. The van der Waals surface area contributed by atoms with E-state index < -0.39 is 0 Å². The third-order valence-electron chi connectivity index (χ3n) is 1.71. The molecule has 0 aliphatic heterocycles. The van der Waals surface area contributed by atoms with Gasteiger partial charge in [0.25, 0.3) is 11.4 Å². The summed E-state index contributed by atoms with van der Waals surface area (Å²) in [5.41, 5.74) is 1.02. The largest absolute Gasteiger partial charge is 0.420 e. The van der Waals surface area contributed by atoms with E-state index in [-0.39, 0.29) is 0 Å². The second kappa shape index (κ2) is 2.87. The van der Waals surface area contributed by atoms with E-state index in [1.807, 2.05) is 0 Å². The van der Waals surface area contributed by atoms with Crippen LogP contribution in [0.3, 0.4) is 0 Å². The first-order valence-corrected chi connectivity index (χ1v) is 4.38. The lowest BCUT2D eigenvalue weighted by Crippen LogP contribution is -1.93. The third kappa shape index (κ3) is 1.56. The number of oxazole rings is 2. The molecule has 4 nitrogen and oxygen atoms in total. The third-order valence-corrected chi connectivity index (χ3v) is 1.71. The molecule has 13 heavy (non-hydrogen) atoms. The monoisotopic (exact) mass is 180 g/mol. The van der Waals surface area contributed by atoms with Gasteiger partial charge in [-0.05, 0) is 5.92 Å². The van der Waals surface area contributed by atoms with Crippen LogP contribution >= 0.6 is 0 Å². The molecule has 0 saturated carbocycles. The van der Waals surface area contributed by atoms with E-state index in [0.29, 0.717) is 29.1 Å². The topological polar surface area (TPSA) is 52.1 Å². The van der Waals surface area contributed by atoms with Crippen LogP contribution in [0.5, 0.6) is 0 Å². The summed E-state index contributed by atoms with van der Waals surface area (Å²) in [7, 11) is 0. The maximum Gasteiger partial charge on any atom is 0.288 e. The van der Waals surface area contributed by atoms with Crippen molar-refractivity contribution in [3.63, 3.8) is 0 Å². The lowest BCUT2D eigenvalue weighted by atomic mass is 10.1. The van der Waals surface area contributed by atoms with E-state index in [0.717, 1.165) is 6.42 Å². The first kappa shape index (κ1) is 8.29. The van der Waals surface area contributed by atoms with Crippen LogP contribution in [0.2, 0.25) is 0 Å². The van der Waals surface area contributed by atoms with Gasteiger partial charge in [-0.25, -0.2) is 0 Å². The Bertz CT molecular complexity index is 383. The molecule has 0 radical (unpaired) electrons. The van der Waals surface area contributed by atoms with Crippen molar-refractivity contribution in [2.75, 3.05) is 0 Å². The number of hydrogen-bond donors (Lipinski definition) is 0. The van der Waals surface area contributed by atoms with Crippen LogP contribution < -0.4 is 0 Å². The molecule has 70 valence electrons. The van der Waals surface area contributed by atoms with E-state index in [2.05, 4.69) is 23.8 Å². The van der Waals surface area contributed by atoms with Gasteiger partial charge in [-0.1, -0.05) is 13.8 Å². The van der Waals surface area contributed by atoms with Gasteiger partial charge < -0.3 is 8.83 Å². The second-order valence-electron chi connectivity index (χ2n) is 3.55. The summed E-state index contributed by atoms with van der Waals surface area (Å²) in [6.45, 7) is 6.01. The zero-order valence-corrected chi connectivity index (χ0v) is 8.00. The molecule has 0 aliphatic carbocycles. The maximum atomic E-state index is 5.38. The van der Waals surface area contributed by atoms with Gasteiger partial charge in [0.15, 0.2) is 5.89 Å². The molecule has 0 unspecified atom stereocenters. The molecular formula is C9H12N2O2. The minimum Gasteiger partial charge on any atom is -0.420 e. The van der Waals surface area contributed by atoms with Gasteiger partial charge >= 0.3 is 0 Å². The number of aryl methyl sites for hydroxylation is 1. The summed E-state index contributed by atoms with van der Waals surface area (Å²) < 4.78 is 10.6. The molecule has 4 heteroatoms. The van der Waals surface area contributed by atoms with Crippen LogP contribution in [0.25, 0.3) is 11.4 Å². The van der Waals surface area contributed by atoms with Crippen LogP contribution in [-0.2, 0) is 6.42 Å². The van der Waals surface area contributed by atoms with Gasteiger partial charge in [0.05, 0.1) is 0 Å². The molecule has 0 amide bonds. The van der Waals surface area contributed by atoms with Gasteiger partial charge in [-0.15, -0.1) is 0 Å². The zero-order valence-electron chi connectivity index (χ0n) is 8.00. The highest BCUT2D eigenvalue weighted by atomic mass is 16.4. The van der Waals surface area contributed by atoms with Crippen LogP contribution in [-0.4, -0.2) is 9.97 Å². The highest BCUT2D eigenvalue weighted by Gasteiger charge is 2.12. The summed E-state index contributed by atoms with van der Waals surface area (Å²) in [6, 6.07) is 0. The quantitative estimate of drug-likeness (QED) is 0.711. The van der Waals surface area contributed by atoms with E-state index >= 15 is 0 Å². The number of fused-ring (bicyclic) bond motifs is 1. The molecule has 0 saturated heterocycles. The number of hydrogen-bond acceptors (Lipinski definition) is 4. The van der Waals surface area contributed by atoms with Gasteiger partial charge in [-0.3, -0.25) is 0 Å². The van der Waals surface area contributed by atoms with E-state index in [4.69, 9.17) is 8.83 Å². The van der Waals surface area contributed by atoms with Crippen molar-refractivity contribution < 1.29 is 8.83 Å². The summed E-state index contributed by atoms with van der Waals surface area (Å²) >= 11 is 0. The summed E-state index contributed by atoms with van der Waals surface area (Å²) in [4.78, 5) is 8.22. The summed E-state index contributed by atoms with van der Waals surface area (Å²) in [6.07, 6.45) is 0.824. The van der Waals surface area contributed by atoms with Crippen molar-refractivity contribution in [3.8, 4) is 0 Å². The smallest absolute Gasteiger partial charge is 0.288 e. The maximum absolute atomic E-state index is 5.38. The van der Waals surface area contributed by atoms with Crippen LogP contribution in [0.1, 0.15) is 25.6 Å². The second-order valence-corrected chi connectivity index (χ2v) is 3.55. The molecule has 0 aliphatic rings. The molecule has 0 N–H and O–H groups in total. The van der Waals surface area contributed by atoms with Crippen LogP contribution in [0.4, 0.5) is 0 Å². The fourth-order valence-corrected chi connectivity index (χ4v) is 1.22. The number of aromatic nitrogens is 2. The molecule has 2 heterocycles. The predicted octanol–water partition coefficient (Wildman–Crippen LogP) is 2.32. The van der Waals surface area contributed by atoms with Crippen molar-refractivity contribution in [1.82, 2.24) is 9.97 Å². The Morgan fingerprint density at radius 2 is 1.85 bits per heavy atom. The highest BCUT2D eigenvalue weighted by molar-refractivity contribution is 5.59. The zero-order chi connectivity index (χ0) is 9.42. The Labute approximate surface area is 76.0 Å². The summed E-state index contributed by atoms with van der Waals surface area (Å²) in [5, 5.41) is 0. The van der Waals surface area contributed by atoms with Crippen molar-refractivity contribution in [3.05, 3.63) is 11.8 Å². The Kier molecular flexibility index (Phi) is 1.83. The van der Waals surface area contributed by atoms with Crippen molar-refractivity contribution in [2.24, 2.45) is 5.92 Å². The molecule has 0 spiro atoms. The molecule has 2 rings (SSSR count). The molecule has 2 aromatic rings. The Hall–Kier alpha value is -1.32. The van der Waals surface area contributed by atoms with E-state index in [1.54, 1.807) is 6.92 Å². The number of nitrogens with zero attached hydrogens (tertiary/aromatic N) is 2. The minimum atomic E-state index is 0.508. The van der Waals surface area contributed by atoms with Crippen molar-refractivity contribution in [2.45, 2.75) is 27.2 Å². The molecule has 0 aromatic carbocycles. The molecule has 2 aromatic heterocycles. The van der Waals surface area contributed by atoms with E-state index in [1.165, 1.54) is 0 Å². The minimum absolute atomic E-state index is 0.508. The lowest BCUT2D eigenvalue weighted by molar-refractivity contribution is 0.472. The van der Waals surface area contributed by atoms with Crippen molar-refractivity contribution >= 4 is 11.4 Å². The standard InChI is InChI=1S/C9H12N2O2/c1-5(2)4-7-11-9-8(13-7)10-6(3)12-9/h5H,4H2,1-3H3. The van der Waals surface area contributed by atoms with Crippen molar-refractivity contribution in [1.29, 1.82) is 0 Å². The Balaban J connectivity index is 2.34. The fourth-order valence-electron chi connectivity index (χ4n) is 1.22. The van der Waals surface area contributed by atoms with E-state index in [9.17, 15) is 0 Å². The number of rotatable bonds is 2. The van der Waals surface area contributed by atoms with Gasteiger partial charge in [0, 0.05) is 13.3 Å². The van der Waals surface area contributed by atoms with Gasteiger partial charge in [0.2, 0.25) is 5.89 Å². The summed E-state index contributed by atoms with van der Waals surface area (Å²) in [5.74, 6) is 1.83. The predicted molar refractivity (Wildman–Crippen MR) is 47.3 cm³/mol. The average molecular weight is 180 g/mol. The fraction of sp³-hybridized carbons (Fsp3) is 0.556. The molecule has 0 atom stereocenters. The van der Waals surface area contributed by atoms with Crippen LogP contribution in [0.15, 0.2) is 8.83 Å². The molecule has 0 bridgehead atoms. The first-order chi connectivity index (χ1) is 6.15.